The van der Waals surface area contributed by atoms with Crippen LogP contribution in [0, 0.1) is 5.92 Å². The van der Waals surface area contributed by atoms with Gasteiger partial charge in [0.25, 0.3) is 0 Å². The van der Waals surface area contributed by atoms with E-state index in [4.69, 9.17) is 0 Å². The van der Waals surface area contributed by atoms with Crippen LogP contribution in [0.4, 0.5) is 13.2 Å². The highest BCUT2D eigenvalue weighted by atomic mass is 32.2. The molecule has 0 aliphatic carbocycles. The number of alkyl halides is 3. The van der Waals surface area contributed by atoms with Crippen molar-refractivity contribution in [3.8, 4) is 0 Å². The van der Waals surface area contributed by atoms with Crippen molar-refractivity contribution in [2.24, 2.45) is 10.9 Å². The number of piperidine rings is 1. The molecule has 1 aromatic rings. The van der Waals surface area contributed by atoms with Gasteiger partial charge in [0.1, 0.15) is 5.82 Å². The molecule has 0 bridgehead atoms. The number of aryl methyl sites for hydroxylation is 1. The number of guanidine groups is 1. The average molecular weight is 423 g/mol. The lowest BCUT2D eigenvalue weighted by molar-refractivity contribution is -0.0496. The standard InChI is InChI=1S/C15H24F3N7O2S/c1-19-14(21-10-13-23-22-12-3-2-6-25(12)13)20-9-11-4-7-24(8-5-11)28(26,27)15(16,17)18/h11H,2-10H2,1H3,(H2,19,20,21). The summed E-state index contributed by atoms with van der Waals surface area (Å²) < 4.78 is 63.4. The number of rotatable bonds is 5. The molecule has 2 N–H and O–H groups in total. The van der Waals surface area contributed by atoms with Gasteiger partial charge in [0, 0.05) is 39.6 Å². The maximum Gasteiger partial charge on any atom is 0.511 e. The van der Waals surface area contributed by atoms with Gasteiger partial charge >= 0.3 is 15.5 Å². The fourth-order valence-corrected chi connectivity index (χ4v) is 4.45. The van der Waals surface area contributed by atoms with Crippen LogP contribution in [-0.2, 0) is 29.5 Å². The monoisotopic (exact) mass is 423 g/mol. The largest absolute Gasteiger partial charge is 0.511 e. The molecule has 0 spiro atoms. The number of halogens is 3. The average Bonchev–Trinajstić information content (AvgIpc) is 3.25. The van der Waals surface area contributed by atoms with Crippen molar-refractivity contribution >= 4 is 16.0 Å². The van der Waals surface area contributed by atoms with E-state index in [9.17, 15) is 21.6 Å². The Bertz CT molecular complexity index is 814. The fourth-order valence-electron chi connectivity index (χ4n) is 3.47. The van der Waals surface area contributed by atoms with Crippen molar-refractivity contribution in [2.45, 2.75) is 44.3 Å². The topological polar surface area (TPSA) is 105 Å². The molecular formula is C15H24F3N7O2S. The van der Waals surface area contributed by atoms with Gasteiger partial charge < -0.3 is 15.2 Å². The molecule has 0 aromatic carbocycles. The number of aromatic nitrogens is 3. The van der Waals surface area contributed by atoms with E-state index in [1.165, 1.54) is 0 Å². The lowest BCUT2D eigenvalue weighted by Gasteiger charge is -2.31. The Balaban J connectivity index is 1.44. The summed E-state index contributed by atoms with van der Waals surface area (Å²) in [7, 11) is -3.61. The minimum Gasteiger partial charge on any atom is -0.356 e. The number of sulfonamides is 1. The highest BCUT2D eigenvalue weighted by Gasteiger charge is 2.50. The lowest BCUT2D eigenvalue weighted by atomic mass is 9.98. The summed E-state index contributed by atoms with van der Waals surface area (Å²) in [5.41, 5.74) is -5.24. The van der Waals surface area contributed by atoms with E-state index in [-0.39, 0.29) is 19.0 Å². The molecule has 0 unspecified atom stereocenters. The van der Waals surface area contributed by atoms with Crippen LogP contribution in [0.5, 0.6) is 0 Å². The number of hydrogen-bond acceptors (Lipinski definition) is 5. The summed E-state index contributed by atoms with van der Waals surface area (Å²) >= 11 is 0. The predicted molar refractivity (Wildman–Crippen MR) is 95.8 cm³/mol. The zero-order valence-corrected chi connectivity index (χ0v) is 16.4. The molecule has 0 atom stereocenters. The molecule has 2 aliphatic rings. The van der Waals surface area contributed by atoms with Gasteiger partial charge in [-0.15, -0.1) is 10.2 Å². The first-order valence-electron chi connectivity index (χ1n) is 9.14. The van der Waals surface area contributed by atoms with Crippen molar-refractivity contribution in [3.05, 3.63) is 11.6 Å². The van der Waals surface area contributed by atoms with E-state index < -0.39 is 15.5 Å². The second kappa shape index (κ2) is 8.23. The third-order valence-electron chi connectivity index (χ3n) is 5.09. The summed E-state index contributed by atoms with van der Waals surface area (Å²) in [4.78, 5) is 4.13. The van der Waals surface area contributed by atoms with Crippen molar-refractivity contribution in [2.75, 3.05) is 26.7 Å². The molecule has 1 aromatic heterocycles. The summed E-state index contributed by atoms with van der Waals surface area (Å²) in [6.07, 6.45) is 2.71. The zero-order valence-electron chi connectivity index (χ0n) is 15.5. The Labute approximate surface area is 161 Å². The van der Waals surface area contributed by atoms with Crippen molar-refractivity contribution in [1.82, 2.24) is 29.7 Å². The van der Waals surface area contributed by atoms with Crippen LogP contribution >= 0.6 is 0 Å². The van der Waals surface area contributed by atoms with Crippen molar-refractivity contribution < 1.29 is 21.6 Å². The molecule has 0 amide bonds. The maximum absolute atomic E-state index is 12.6. The summed E-state index contributed by atoms with van der Waals surface area (Å²) in [5.74, 6) is 2.44. The second-order valence-electron chi connectivity index (χ2n) is 6.89. The molecule has 0 saturated carbocycles. The SMILES string of the molecule is CN=C(NCc1nnc2n1CCC2)NCC1CCN(S(=O)(=O)C(F)(F)F)CC1. The van der Waals surface area contributed by atoms with Gasteiger partial charge in [0.2, 0.25) is 0 Å². The Morgan fingerprint density at radius 1 is 1.21 bits per heavy atom. The highest BCUT2D eigenvalue weighted by molar-refractivity contribution is 7.90. The Hall–Kier alpha value is -1.89. The third kappa shape index (κ3) is 4.40. The minimum atomic E-state index is -5.24. The Kier molecular flexibility index (Phi) is 6.12. The molecule has 3 heterocycles. The van der Waals surface area contributed by atoms with Crippen LogP contribution < -0.4 is 10.6 Å². The quantitative estimate of drug-likeness (QED) is 0.527. The van der Waals surface area contributed by atoms with Crippen LogP contribution in [0.2, 0.25) is 0 Å². The van der Waals surface area contributed by atoms with Crippen LogP contribution in [0.3, 0.4) is 0 Å². The molecule has 158 valence electrons. The zero-order chi connectivity index (χ0) is 20.4. The van der Waals surface area contributed by atoms with Gasteiger partial charge in [-0.05, 0) is 25.2 Å². The van der Waals surface area contributed by atoms with Crippen molar-refractivity contribution in [3.63, 3.8) is 0 Å². The molecule has 1 saturated heterocycles. The Morgan fingerprint density at radius 3 is 2.57 bits per heavy atom. The molecule has 9 nitrogen and oxygen atoms in total. The van der Waals surface area contributed by atoms with Gasteiger partial charge in [0.15, 0.2) is 11.8 Å². The molecule has 28 heavy (non-hydrogen) atoms. The summed E-state index contributed by atoms with van der Waals surface area (Å²) in [6.45, 7) is 1.61. The van der Waals surface area contributed by atoms with Crippen molar-refractivity contribution in [1.29, 1.82) is 0 Å². The number of hydrogen-bond donors (Lipinski definition) is 2. The van der Waals surface area contributed by atoms with E-state index in [1.807, 2.05) is 0 Å². The van der Waals surface area contributed by atoms with E-state index in [0.29, 0.717) is 36.2 Å². The Morgan fingerprint density at radius 2 is 1.93 bits per heavy atom. The van der Waals surface area contributed by atoms with E-state index in [2.05, 4.69) is 30.4 Å². The van der Waals surface area contributed by atoms with Crippen LogP contribution in [0.1, 0.15) is 30.9 Å². The molecule has 0 radical (unpaired) electrons. The molecule has 3 rings (SSSR count). The van der Waals surface area contributed by atoms with E-state index in [0.717, 1.165) is 31.0 Å². The van der Waals surface area contributed by atoms with Crippen LogP contribution in [0.25, 0.3) is 0 Å². The number of nitrogens with zero attached hydrogens (tertiary/aromatic N) is 5. The van der Waals surface area contributed by atoms with Gasteiger partial charge in [-0.25, -0.2) is 8.42 Å². The maximum atomic E-state index is 12.6. The first-order valence-corrected chi connectivity index (χ1v) is 10.6. The van der Waals surface area contributed by atoms with Crippen LogP contribution in [-0.4, -0.2) is 65.6 Å². The summed E-state index contributed by atoms with van der Waals surface area (Å²) in [6, 6.07) is 0. The second-order valence-corrected chi connectivity index (χ2v) is 8.82. The van der Waals surface area contributed by atoms with E-state index >= 15 is 0 Å². The number of aliphatic imine (C=N–C) groups is 1. The normalized spacial score (nSPS) is 19.6. The fraction of sp³-hybridized carbons (Fsp3) is 0.800. The lowest BCUT2D eigenvalue weighted by Crippen LogP contribution is -2.47. The first kappa shape index (κ1) is 20.8. The van der Waals surface area contributed by atoms with Gasteiger partial charge in [-0.1, -0.05) is 0 Å². The number of nitrogens with one attached hydrogen (secondary N) is 2. The van der Waals surface area contributed by atoms with E-state index in [1.54, 1.807) is 7.05 Å². The predicted octanol–water partition coefficient (Wildman–Crippen LogP) is 0.451. The first-order chi connectivity index (χ1) is 13.2. The number of fused-ring (bicyclic) bond motifs is 1. The molecule has 2 aliphatic heterocycles. The van der Waals surface area contributed by atoms with Crippen LogP contribution in [0.15, 0.2) is 4.99 Å². The minimum absolute atomic E-state index is 0.0653. The highest BCUT2D eigenvalue weighted by Crippen LogP contribution is 2.30. The van der Waals surface area contributed by atoms with Gasteiger partial charge in [-0.2, -0.15) is 17.5 Å². The molecule has 1 fully saturated rings. The third-order valence-corrected chi connectivity index (χ3v) is 6.72. The molecule has 13 heteroatoms. The molecular weight excluding hydrogens is 399 g/mol. The smallest absolute Gasteiger partial charge is 0.356 e. The summed E-state index contributed by atoms with van der Waals surface area (Å²) in [5, 5.41) is 14.6. The van der Waals surface area contributed by atoms with Gasteiger partial charge in [0.05, 0.1) is 6.54 Å². The van der Waals surface area contributed by atoms with Gasteiger partial charge in [-0.3, -0.25) is 4.99 Å².